The van der Waals surface area contributed by atoms with Gasteiger partial charge in [-0.2, -0.15) is 10.5 Å². The van der Waals surface area contributed by atoms with E-state index in [0.29, 0.717) is 26.8 Å². The number of aryl methyl sites for hydroxylation is 1. The highest BCUT2D eigenvalue weighted by Crippen LogP contribution is 2.32. The van der Waals surface area contributed by atoms with E-state index >= 15 is 0 Å². The first kappa shape index (κ1) is 19.6. The number of hydrogen-bond donors (Lipinski definition) is 1. The zero-order valence-corrected chi connectivity index (χ0v) is 16.8. The molecule has 3 heterocycles. The van der Waals surface area contributed by atoms with Crippen LogP contribution in [0.4, 0.5) is 5.00 Å². The van der Waals surface area contributed by atoms with Crippen molar-refractivity contribution in [2.45, 2.75) is 18.9 Å². The summed E-state index contributed by atoms with van der Waals surface area (Å²) in [5.41, 5.74) is 3.39. The number of anilines is 1. The summed E-state index contributed by atoms with van der Waals surface area (Å²) in [7, 11) is 0. The minimum Gasteiger partial charge on any atom is -0.316 e. The van der Waals surface area contributed by atoms with E-state index < -0.39 is 0 Å². The number of amides is 1. The van der Waals surface area contributed by atoms with Gasteiger partial charge < -0.3 is 5.32 Å². The van der Waals surface area contributed by atoms with Crippen molar-refractivity contribution in [2.24, 2.45) is 0 Å². The molecule has 1 N–H and O–H groups in total. The van der Waals surface area contributed by atoms with Crippen molar-refractivity contribution in [3.05, 3.63) is 58.2 Å². The summed E-state index contributed by atoms with van der Waals surface area (Å²) >= 11 is 2.58. The summed E-state index contributed by atoms with van der Waals surface area (Å²) in [4.78, 5) is 21.9. The molecule has 138 valence electrons. The maximum Gasteiger partial charge on any atom is 0.235 e. The zero-order chi connectivity index (χ0) is 20.1. The fraction of sp³-hybridized carbons (Fsp3) is 0.150. The van der Waals surface area contributed by atoms with Gasteiger partial charge >= 0.3 is 0 Å². The fourth-order valence-corrected chi connectivity index (χ4v) is 4.26. The number of hydrogen-bond acceptors (Lipinski definition) is 7. The molecule has 0 radical (unpaired) electrons. The van der Waals surface area contributed by atoms with Crippen LogP contribution >= 0.6 is 23.1 Å². The van der Waals surface area contributed by atoms with E-state index in [9.17, 15) is 15.3 Å². The van der Waals surface area contributed by atoms with Crippen LogP contribution in [-0.4, -0.2) is 21.6 Å². The second-order valence-electron chi connectivity index (χ2n) is 5.83. The minimum atomic E-state index is -0.247. The van der Waals surface area contributed by atoms with Crippen LogP contribution in [-0.2, 0) is 4.79 Å². The average Bonchev–Trinajstić information content (AvgIpc) is 2.99. The van der Waals surface area contributed by atoms with Gasteiger partial charge in [0.15, 0.2) is 0 Å². The quantitative estimate of drug-likeness (QED) is 0.635. The Balaban J connectivity index is 1.75. The first-order valence-corrected chi connectivity index (χ1v) is 10.1. The van der Waals surface area contributed by atoms with E-state index in [1.807, 2.05) is 26.0 Å². The van der Waals surface area contributed by atoms with Gasteiger partial charge in [0.25, 0.3) is 0 Å². The summed E-state index contributed by atoms with van der Waals surface area (Å²) in [5.74, 6) is -0.162. The predicted octanol–water partition coefficient (Wildman–Crippen LogP) is 4.30. The Morgan fingerprint density at radius 3 is 2.61 bits per heavy atom. The Labute approximate surface area is 170 Å². The number of nitriles is 2. The van der Waals surface area contributed by atoms with Crippen molar-refractivity contribution >= 4 is 34.0 Å². The Bertz CT molecular complexity index is 1110. The Hall–Kier alpha value is -3.20. The van der Waals surface area contributed by atoms with Gasteiger partial charge in [-0.3, -0.25) is 9.78 Å². The molecule has 3 rings (SSSR count). The van der Waals surface area contributed by atoms with Crippen LogP contribution in [0.15, 0.2) is 41.7 Å². The van der Waals surface area contributed by atoms with Crippen molar-refractivity contribution in [3.8, 4) is 23.4 Å². The first-order valence-electron chi connectivity index (χ1n) is 8.27. The number of pyridine rings is 2. The molecule has 0 atom stereocenters. The molecule has 3 aromatic heterocycles. The molecule has 0 aliphatic heterocycles. The summed E-state index contributed by atoms with van der Waals surface area (Å²) in [6.07, 6.45) is 3.35. The maximum atomic E-state index is 12.4. The third-order valence-corrected chi connectivity index (χ3v) is 6.16. The lowest BCUT2D eigenvalue weighted by molar-refractivity contribution is -0.113. The highest BCUT2D eigenvalue weighted by atomic mass is 32.2. The zero-order valence-electron chi connectivity index (χ0n) is 15.2. The van der Waals surface area contributed by atoms with Gasteiger partial charge in [0, 0.05) is 22.8 Å². The molecule has 1 amide bonds. The second kappa shape index (κ2) is 8.66. The van der Waals surface area contributed by atoms with Crippen molar-refractivity contribution in [1.82, 2.24) is 9.97 Å². The molecule has 0 bridgehead atoms. The number of carbonyl (C=O) groups is 1. The molecular weight excluding hydrogens is 390 g/mol. The SMILES string of the molecule is Cc1sc(NC(=O)CSc2nc(-c3ccncc3)ccc2C#N)c(C#N)c1C. The van der Waals surface area contributed by atoms with Crippen LogP contribution in [0.25, 0.3) is 11.3 Å². The summed E-state index contributed by atoms with van der Waals surface area (Å²) < 4.78 is 0. The van der Waals surface area contributed by atoms with Gasteiger partial charge in [0.1, 0.15) is 22.2 Å². The summed E-state index contributed by atoms with van der Waals surface area (Å²) in [6, 6.07) is 11.4. The molecule has 0 aliphatic rings. The topological polar surface area (TPSA) is 102 Å². The first-order chi connectivity index (χ1) is 13.5. The molecular formula is C20H15N5OS2. The molecule has 0 saturated carbocycles. The van der Waals surface area contributed by atoms with E-state index in [4.69, 9.17) is 0 Å². The highest BCUT2D eigenvalue weighted by Gasteiger charge is 2.16. The number of thiophene rings is 1. The maximum absolute atomic E-state index is 12.4. The summed E-state index contributed by atoms with van der Waals surface area (Å²) in [6.45, 7) is 3.78. The van der Waals surface area contributed by atoms with Crippen LogP contribution in [0.5, 0.6) is 0 Å². The number of aromatic nitrogens is 2. The van der Waals surface area contributed by atoms with Gasteiger partial charge in [-0.15, -0.1) is 11.3 Å². The monoisotopic (exact) mass is 405 g/mol. The molecule has 0 fully saturated rings. The van der Waals surface area contributed by atoms with Crippen molar-refractivity contribution in [3.63, 3.8) is 0 Å². The van der Waals surface area contributed by atoms with Crippen LogP contribution in [0.1, 0.15) is 21.6 Å². The van der Waals surface area contributed by atoms with E-state index in [2.05, 4.69) is 27.4 Å². The second-order valence-corrected chi connectivity index (χ2v) is 8.02. The molecule has 0 aliphatic carbocycles. The van der Waals surface area contributed by atoms with Gasteiger partial charge in [-0.05, 0) is 43.7 Å². The standard InChI is InChI=1S/C20H15N5OS2/c1-12-13(2)28-20(16(12)10-22)25-18(26)11-27-19-15(9-21)3-4-17(24-19)14-5-7-23-8-6-14/h3-8H,11H2,1-2H3,(H,25,26). The van der Waals surface area contributed by atoms with Crippen molar-refractivity contribution in [1.29, 1.82) is 10.5 Å². The van der Waals surface area contributed by atoms with Crippen LogP contribution < -0.4 is 5.32 Å². The van der Waals surface area contributed by atoms with E-state index in [1.165, 1.54) is 23.1 Å². The van der Waals surface area contributed by atoms with Crippen LogP contribution in [0.2, 0.25) is 0 Å². The van der Waals surface area contributed by atoms with Gasteiger partial charge in [0.2, 0.25) is 5.91 Å². The normalized spacial score (nSPS) is 10.1. The number of thioether (sulfide) groups is 1. The highest BCUT2D eigenvalue weighted by molar-refractivity contribution is 8.00. The fourth-order valence-electron chi connectivity index (χ4n) is 2.47. The number of carbonyl (C=O) groups excluding carboxylic acids is 1. The van der Waals surface area contributed by atoms with Gasteiger partial charge in [-0.25, -0.2) is 4.98 Å². The Morgan fingerprint density at radius 2 is 1.93 bits per heavy atom. The van der Waals surface area contributed by atoms with Crippen molar-refractivity contribution < 1.29 is 4.79 Å². The molecule has 0 spiro atoms. The minimum absolute atomic E-state index is 0.0857. The number of rotatable bonds is 5. The lowest BCUT2D eigenvalue weighted by Gasteiger charge is -2.07. The largest absolute Gasteiger partial charge is 0.316 e. The lowest BCUT2D eigenvalue weighted by Crippen LogP contribution is -2.14. The van der Waals surface area contributed by atoms with Crippen LogP contribution in [0, 0.1) is 36.5 Å². The van der Waals surface area contributed by atoms with Gasteiger partial charge in [0.05, 0.1) is 22.6 Å². The van der Waals surface area contributed by atoms with Crippen molar-refractivity contribution in [2.75, 3.05) is 11.1 Å². The number of nitrogens with zero attached hydrogens (tertiary/aromatic N) is 4. The average molecular weight is 406 g/mol. The summed E-state index contributed by atoms with van der Waals surface area (Å²) in [5, 5.41) is 22.5. The lowest BCUT2D eigenvalue weighted by atomic mass is 10.1. The predicted molar refractivity (Wildman–Crippen MR) is 110 cm³/mol. The Kier molecular flexibility index (Phi) is 6.05. The van der Waals surface area contributed by atoms with E-state index in [0.717, 1.165) is 16.0 Å². The molecule has 3 aromatic rings. The third-order valence-electron chi connectivity index (χ3n) is 4.05. The molecule has 28 heavy (non-hydrogen) atoms. The van der Waals surface area contributed by atoms with Gasteiger partial charge in [-0.1, -0.05) is 11.8 Å². The molecule has 6 nitrogen and oxygen atoms in total. The number of nitrogens with one attached hydrogen (secondary N) is 1. The smallest absolute Gasteiger partial charge is 0.235 e. The molecule has 0 aromatic carbocycles. The Morgan fingerprint density at radius 1 is 1.18 bits per heavy atom. The molecule has 0 unspecified atom stereocenters. The van der Waals surface area contributed by atoms with Crippen LogP contribution in [0.3, 0.4) is 0 Å². The third kappa shape index (κ3) is 4.20. The molecule has 0 saturated heterocycles. The van der Waals surface area contributed by atoms with E-state index in [-0.39, 0.29) is 11.7 Å². The van der Waals surface area contributed by atoms with E-state index in [1.54, 1.807) is 24.5 Å². The molecule has 8 heteroatoms.